The molecule has 0 bridgehead atoms. The van der Waals surface area contributed by atoms with E-state index in [2.05, 4.69) is 0 Å². The van der Waals surface area contributed by atoms with Gasteiger partial charge in [-0.3, -0.25) is 4.79 Å². The Morgan fingerprint density at radius 3 is 1.89 bits per heavy atom. The SMILES string of the molecule is O=C(C[C@@H](O)CCc1ccc(O)cc1)C[C@H](CCc1ccc(O)cc1)O[C@@H]1O[C@H](CO)[C@@H](O)[C@H](O)[C@H]1O. The van der Waals surface area contributed by atoms with Gasteiger partial charge in [-0.25, -0.2) is 0 Å². The van der Waals surface area contributed by atoms with Crippen molar-refractivity contribution in [3.8, 4) is 11.5 Å². The largest absolute Gasteiger partial charge is 0.508 e. The fourth-order valence-corrected chi connectivity index (χ4v) is 4.28. The van der Waals surface area contributed by atoms with Gasteiger partial charge in [0.05, 0.1) is 18.8 Å². The van der Waals surface area contributed by atoms with Crippen molar-refractivity contribution in [3.05, 3.63) is 59.7 Å². The number of ketones is 1. The van der Waals surface area contributed by atoms with Gasteiger partial charge in [0.1, 0.15) is 41.7 Å². The van der Waals surface area contributed by atoms with E-state index in [0.29, 0.717) is 25.7 Å². The number of phenolic OH excluding ortho intramolecular Hbond substituents is 2. The molecule has 0 saturated carbocycles. The maximum atomic E-state index is 12.8. The van der Waals surface area contributed by atoms with Crippen LogP contribution in [0.5, 0.6) is 11.5 Å². The van der Waals surface area contributed by atoms with Crippen LogP contribution in [-0.4, -0.2) is 91.0 Å². The van der Waals surface area contributed by atoms with Crippen molar-refractivity contribution < 1.29 is 50.0 Å². The Morgan fingerprint density at radius 1 is 0.811 bits per heavy atom. The minimum absolute atomic E-state index is 0.0939. The van der Waals surface area contributed by atoms with E-state index in [1.54, 1.807) is 48.5 Å². The van der Waals surface area contributed by atoms with Crippen LogP contribution in [0.3, 0.4) is 0 Å². The van der Waals surface area contributed by atoms with Gasteiger partial charge in [0.25, 0.3) is 0 Å². The summed E-state index contributed by atoms with van der Waals surface area (Å²) in [7, 11) is 0. The maximum Gasteiger partial charge on any atom is 0.186 e. The number of benzene rings is 2. The molecule has 1 heterocycles. The average molecular weight is 521 g/mol. The van der Waals surface area contributed by atoms with Crippen LogP contribution in [0.2, 0.25) is 0 Å². The first-order valence-electron chi connectivity index (χ1n) is 12.4. The van der Waals surface area contributed by atoms with Gasteiger partial charge in [0.2, 0.25) is 0 Å². The van der Waals surface area contributed by atoms with Crippen molar-refractivity contribution >= 4 is 5.78 Å². The highest BCUT2D eigenvalue weighted by molar-refractivity contribution is 5.79. The maximum absolute atomic E-state index is 12.8. The highest BCUT2D eigenvalue weighted by Gasteiger charge is 2.44. The number of ether oxygens (including phenoxy) is 2. The number of hydrogen-bond acceptors (Lipinski definition) is 10. The van der Waals surface area contributed by atoms with Crippen molar-refractivity contribution in [2.45, 2.75) is 81.4 Å². The number of carbonyl (C=O) groups excluding carboxylic acids is 1. The molecule has 2 aromatic rings. The van der Waals surface area contributed by atoms with E-state index in [1.165, 1.54) is 0 Å². The fourth-order valence-electron chi connectivity index (χ4n) is 4.28. The molecule has 3 rings (SSSR count). The molecule has 0 aromatic heterocycles. The molecule has 1 aliphatic heterocycles. The van der Waals surface area contributed by atoms with Crippen molar-refractivity contribution in [2.24, 2.45) is 0 Å². The molecule has 1 fully saturated rings. The Balaban J connectivity index is 1.60. The summed E-state index contributed by atoms with van der Waals surface area (Å²) < 4.78 is 11.3. The van der Waals surface area contributed by atoms with Crippen LogP contribution in [0.1, 0.15) is 36.8 Å². The smallest absolute Gasteiger partial charge is 0.186 e. The molecular weight excluding hydrogens is 484 g/mol. The molecule has 10 heteroatoms. The quantitative estimate of drug-likeness (QED) is 0.197. The van der Waals surface area contributed by atoms with Crippen LogP contribution < -0.4 is 0 Å². The zero-order chi connectivity index (χ0) is 26.9. The molecule has 7 atom stereocenters. The predicted octanol–water partition coefficient (Wildman–Crippen LogP) is 0.558. The minimum atomic E-state index is -1.61. The lowest BCUT2D eigenvalue weighted by molar-refractivity contribution is -0.311. The molecule has 0 radical (unpaired) electrons. The topological polar surface area (TPSA) is 177 Å². The summed E-state index contributed by atoms with van der Waals surface area (Å²) in [5.41, 5.74) is 1.80. The number of aromatic hydroxyl groups is 2. The van der Waals surface area contributed by atoms with E-state index in [9.17, 15) is 40.5 Å². The summed E-state index contributed by atoms with van der Waals surface area (Å²) in [5.74, 6) is 0.00469. The monoisotopic (exact) mass is 520 g/mol. The van der Waals surface area contributed by atoms with E-state index in [1.807, 2.05) is 0 Å². The lowest BCUT2D eigenvalue weighted by atomic mass is 9.97. The van der Waals surface area contributed by atoms with Crippen LogP contribution in [0.4, 0.5) is 0 Å². The van der Waals surface area contributed by atoms with Gasteiger partial charge < -0.3 is 45.2 Å². The molecule has 0 aliphatic carbocycles. The van der Waals surface area contributed by atoms with Gasteiger partial charge in [0, 0.05) is 12.8 Å². The Bertz CT molecular complexity index is 962. The van der Waals surface area contributed by atoms with Crippen LogP contribution >= 0.6 is 0 Å². The predicted molar refractivity (Wildman–Crippen MR) is 132 cm³/mol. The third-order valence-corrected chi connectivity index (χ3v) is 6.49. The van der Waals surface area contributed by atoms with Crippen LogP contribution in [-0.2, 0) is 27.1 Å². The van der Waals surface area contributed by atoms with E-state index in [4.69, 9.17) is 9.47 Å². The van der Waals surface area contributed by atoms with E-state index in [0.717, 1.165) is 11.1 Å². The number of aliphatic hydroxyl groups excluding tert-OH is 5. The number of aliphatic hydroxyl groups is 5. The molecule has 0 amide bonds. The molecule has 37 heavy (non-hydrogen) atoms. The molecule has 1 saturated heterocycles. The molecule has 2 aromatic carbocycles. The zero-order valence-electron chi connectivity index (χ0n) is 20.5. The Labute approximate surface area is 215 Å². The van der Waals surface area contributed by atoms with Crippen LogP contribution in [0.25, 0.3) is 0 Å². The summed E-state index contributed by atoms with van der Waals surface area (Å²) >= 11 is 0. The molecule has 0 spiro atoms. The van der Waals surface area contributed by atoms with E-state index in [-0.39, 0.29) is 30.1 Å². The number of carbonyl (C=O) groups is 1. The molecule has 1 aliphatic rings. The lowest BCUT2D eigenvalue weighted by Gasteiger charge is -2.40. The second-order valence-electron chi connectivity index (χ2n) is 9.47. The van der Waals surface area contributed by atoms with E-state index < -0.39 is 49.5 Å². The first kappa shape index (κ1) is 29.0. The van der Waals surface area contributed by atoms with Crippen LogP contribution in [0, 0.1) is 0 Å². The number of rotatable bonds is 13. The molecule has 10 nitrogen and oxygen atoms in total. The number of hydrogen-bond donors (Lipinski definition) is 7. The minimum Gasteiger partial charge on any atom is -0.508 e. The summed E-state index contributed by atoms with van der Waals surface area (Å²) in [4.78, 5) is 12.8. The van der Waals surface area contributed by atoms with Gasteiger partial charge >= 0.3 is 0 Å². The lowest BCUT2D eigenvalue weighted by Crippen LogP contribution is -2.59. The Kier molecular flexibility index (Phi) is 10.8. The Hall–Kier alpha value is -2.57. The van der Waals surface area contributed by atoms with Gasteiger partial charge in [-0.05, 0) is 61.1 Å². The summed E-state index contributed by atoms with van der Waals surface area (Å²) in [6.45, 7) is -0.602. The van der Waals surface area contributed by atoms with Crippen molar-refractivity contribution in [1.82, 2.24) is 0 Å². The second-order valence-corrected chi connectivity index (χ2v) is 9.47. The van der Waals surface area contributed by atoms with Crippen molar-refractivity contribution in [1.29, 1.82) is 0 Å². The van der Waals surface area contributed by atoms with E-state index >= 15 is 0 Å². The van der Waals surface area contributed by atoms with Crippen LogP contribution in [0.15, 0.2) is 48.5 Å². The first-order valence-corrected chi connectivity index (χ1v) is 12.4. The molecule has 7 N–H and O–H groups in total. The second kappa shape index (κ2) is 13.8. The molecular formula is C27H36O10. The fraction of sp³-hybridized carbons (Fsp3) is 0.519. The van der Waals surface area contributed by atoms with Crippen molar-refractivity contribution in [2.75, 3.05) is 6.61 Å². The number of phenols is 2. The normalized spacial score (nSPS) is 25.5. The summed E-state index contributed by atoms with van der Waals surface area (Å²) in [5, 5.41) is 69.1. The van der Waals surface area contributed by atoms with Crippen molar-refractivity contribution in [3.63, 3.8) is 0 Å². The number of aryl methyl sites for hydroxylation is 2. The summed E-state index contributed by atoms with van der Waals surface area (Å²) in [6.07, 6.45) is -7.41. The first-order chi connectivity index (χ1) is 17.7. The third kappa shape index (κ3) is 8.75. The van der Waals surface area contributed by atoms with Gasteiger partial charge in [0.15, 0.2) is 6.29 Å². The molecule has 0 unspecified atom stereocenters. The van der Waals surface area contributed by atoms with Gasteiger partial charge in [-0.1, -0.05) is 24.3 Å². The van der Waals surface area contributed by atoms with Gasteiger partial charge in [-0.2, -0.15) is 0 Å². The zero-order valence-corrected chi connectivity index (χ0v) is 20.5. The number of Topliss-reactive ketones (excluding diaryl/α,β-unsaturated/α-hetero) is 1. The van der Waals surface area contributed by atoms with Gasteiger partial charge in [-0.15, -0.1) is 0 Å². The Morgan fingerprint density at radius 2 is 1.35 bits per heavy atom. The average Bonchev–Trinajstić information content (AvgIpc) is 2.88. The summed E-state index contributed by atoms with van der Waals surface area (Å²) in [6, 6.07) is 13.2. The highest BCUT2D eigenvalue weighted by Crippen LogP contribution is 2.25. The standard InChI is InChI=1S/C27H36O10/c28-15-23-24(33)25(34)26(35)27(37-23)36-22(12-6-17-3-9-19(30)10-4-17)14-21(32)13-20(31)11-5-16-1-7-18(29)8-2-16/h1-4,7-10,20,22-31,33-35H,5-6,11-15H2/t20-,22-,23+,24+,25-,26+,27+/m0/s1. The third-order valence-electron chi connectivity index (χ3n) is 6.49. The highest BCUT2D eigenvalue weighted by atomic mass is 16.7. The molecule has 204 valence electrons.